The van der Waals surface area contributed by atoms with Crippen LogP contribution in [0.25, 0.3) is 0 Å². The van der Waals surface area contributed by atoms with Crippen molar-refractivity contribution in [1.82, 2.24) is 10.2 Å². The summed E-state index contributed by atoms with van der Waals surface area (Å²) in [6.45, 7) is 14.3. The number of nitrogens with zero attached hydrogens (tertiary/aromatic N) is 2. The minimum Gasteiger partial charge on any atom is -0.364 e. The molecule has 0 fully saturated rings. The van der Waals surface area contributed by atoms with Crippen LogP contribution in [0, 0.1) is 0 Å². The second kappa shape index (κ2) is 6.50. The van der Waals surface area contributed by atoms with E-state index in [2.05, 4.69) is 49.8 Å². The Morgan fingerprint density at radius 2 is 2.00 bits per heavy atom. The number of thioether (sulfide) groups is 1. The van der Waals surface area contributed by atoms with Gasteiger partial charge in [-0.3, -0.25) is 9.89 Å². The molecule has 1 unspecified atom stereocenters. The summed E-state index contributed by atoms with van der Waals surface area (Å²) in [5.41, 5.74) is 0. The third-order valence-corrected chi connectivity index (χ3v) is 3.83. The molecule has 0 bridgehead atoms. The molecular weight excluding hydrogens is 218 g/mol. The molecule has 3 nitrogen and oxygen atoms in total. The minimum absolute atomic E-state index is 0.610. The van der Waals surface area contributed by atoms with E-state index in [1.54, 1.807) is 0 Å². The molecule has 0 aromatic rings. The van der Waals surface area contributed by atoms with Crippen molar-refractivity contribution in [2.24, 2.45) is 4.99 Å². The molecule has 4 heteroatoms. The van der Waals surface area contributed by atoms with Crippen molar-refractivity contribution >= 4 is 16.9 Å². The first kappa shape index (κ1) is 13.8. The van der Waals surface area contributed by atoms with Crippen molar-refractivity contribution in [3.8, 4) is 0 Å². The fourth-order valence-electron chi connectivity index (χ4n) is 1.98. The lowest BCUT2D eigenvalue weighted by molar-refractivity contribution is 0.178. The van der Waals surface area contributed by atoms with E-state index in [4.69, 9.17) is 0 Å². The second-order valence-electron chi connectivity index (χ2n) is 4.93. The molecule has 0 saturated heterocycles. The van der Waals surface area contributed by atoms with Crippen LogP contribution in [0.3, 0.4) is 0 Å². The fourth-order valence-corrected chi connectivity index (χ4v) is 2.84. The van der Waals surface area contributed by atoms with Gasteiger partial charge in [-0.25, -0.2) is 0 Å². The molecule has 1 N–H and O–H groups in total. The molecule has 1 atom stereocenters. The SMILES string of the molecule is CC1CN=C(NCCN(C(C)C)C(C)C)S1. The van der Waals surface area contributed by atoms with Crippen LogP contribution in [0.2, 0.25) is 0 Å². The lowest BCUT2D eigenvalue weighted by Gasteiger charge is -2.30. The Bertz CT molecular complexity index is 230. The first-order valence-electron chi connectivity index (χ1n) is 6.21. The van der Waals surface area contributed by atoms with Crippen molar-refractivity contribution < 1.29 is 0 Å². The van der Waals surface area contributed by atoms with E-state index in [9.17, 15) is 0 Å². The quantitative estimate of drug-likeness (QED) is 0.802. The van der Waals surface area contributed by atoms with Crippen LogP contribution < -0.4 is 5.32 Å². The first-order valence-corrected chi connectivity index (χ1v) is 7.09. The van der Waals surface area contributed by atoms with Gasteiger partial charge < -0.3 is 5.32 Å². The van der Waals surface area contributed by atoms with Crippen LogP contribution in [0.1, 0.15) is 34.6 Å². The molecule has 0 aromatic heterocycles. The van der Waals surface area contributed by atoms with Gasteiger partial charge in [0.15, 0.2) is 5.17 Å². The second-order valence-corrected chi connectivity index (χ2v) is 6.35. The molecule has 0 aromatic carbocycles. The van der Waals surface area contributed by atoms with Crippen LogP contribution in [0.5, 0.6) is 0 Å². The monoisotopic (exact) mass is 243 g/mol. The Hall–Kier alpha value is -0.220. The van der Waals surface area contributed by atoms with E-state index < -0.39 is 0 Å². The highest BCUT2D eigenvalue weighted by Crippen LogP contribution is 2.18. The summed E-state index contributed by atoms with van der Waals surface area (Å²) in [6.07, 6.45) is 0. The van der Waals surface area contributed by atoms with Crippen LogP contribution in [0.15, 0.2) is 4.99 Å². The van der Waals surface area contributed by atoms with Crippen molar-refractivity contribution in [1.29, 1.82) is 0 Å². The zero-order valence-electron chi connectivity index (χ0n) is 11.2. The van der Waals surface area contributed by atoms with Crippen molar-refractivity contribution in [2.45, 2.75) is 52.0 Å². The molecule has 1 aliphatic heterocycles. The maximum Gasteiger partial charge on any atom is 0.156 e. The largest absolute Gasteiger partial charge is 0.364 e. The van der Waals surface area contributed by atoms with Gasteiger partial charge in [-0.2, -0.15) is 0 Å². The average molecular weight is 243 g/mol. The van der Waals surface area contributed by atoms with E-state index >= 15 is 0 Å². The fraction of sp³-hybridized carbons (Fsp3) is 0.917. The third-order valence-electron chi connectivity index (χ3n) is 2.78. The average Bonchev–Trinajstić information content (AvgIpc) is 2.57. The van der Waals surface area contributed by atoms with Gasteiger partial charge in [0.1, 0.15) is 0 Å². The summed E-state index contributed by atoms with van der Waals surface area (Å²) in [6, 6.07) is 1.22. The molecular formula is C12H25N3S. The molecule has 16 heavy (non-hydrogen) atoms. The molecule has 94 valence electrons. The van der Waals surface area contributed by atoms with Gasteiger partial charge in [0.2, 0.25) is 0 Å². The van der Waals surface area contributed by atoms with Gasteiger partial charge in [0.05, 0.1) is 6.54 Å². The Balaban J connectivity index is 2.23. The predicted octanol–water partition coefficient (Wildman–Crippen LogP) is 2.19. The van der Waals surface area contributed by atoms with E-state index in [1.165, 1.54) is 0 Å². The molecule has 0 spiro atoms. The van der Waals surface area contributed by atoms with Crippen LogP contribution in [-0.4, -0.2) is 47.0 Å². The van der Waals surface area contributed by atoms with Crippen molar-refractivity contribution in [2.75, 3.05) is 19.6 Å². The molecule has 0 saturated carbocycles. The number of rotatable bonds is 5. The summed E-state index contributed by atoms with van der Waals surface area (Å²) >= 11 is 1.85. The Morgan fingerprint density at radius 1 is 1.38 bits per heavy atom. The summed E-state index contributed by atoms with van der Waals surface area (Å²) in [5.74, 6) is 0. The Morgan fingerprint density at radius 3 is 2.44 bits per heavy atom. The normalized spacial score (nSPS) is 21.0. The predicted molar refractivity (Wildman–Crippen MR) is 74.3 cm³/mol. The molecule has 1 heterocycles. The Labute approximate surface area is 104 Å². The number of amidine groups is 1. The summed E-state index contributed by atoms with van der Waals surface area (Å²) in [5, 5.41) is 5.20. The molecule has 0 amide bonds. The highest BCUT2D eigenvalue weighted by Gasteiger charge is 2.16. The molecule has 1 aliphatic rings. The topological polar surface area (TPSA) is 27.6 Å². The van der Waals surface area contributed by atoms with Crippen LogP contribution >= 0.6 is 11.8 Å². The summed E-state index contributed by atoms with van der Waals surface area (Å²) in [7, 11) is 0. The standard InChI is InChI=1S/C12H25N3S/c1-9(2)15(10(3)4)7-6-13-12-14-8-11(5)16-12/h9-11H,6-8H2,1-5H3,(H,13,14). The maximum absolute atomic E-state index is 4.45. The number of hydrogen-bond acceptors (Lipinski definition) is 4. The lowest BCUT2D eigenvalue weighted by Crippen LogP contribution is -2.42. The molecule has 0 radical (unpaired) electrons. The van der Waals surface area contributed by atoms with Gasteiger partial charge in [0.25, 0.3) is 0 Å². The zero-order chi connectivity index (χ0) is 12.1. The van der Waals surface area contributed by atoms with E-state index in [0.717, 1.165) is 24.8 Å². The summed E-state index contributed by atoms with van der Waals surface area (Å²) in [4.78, 5) is 6.95. The van der Waals surface area contributed by atoms with E-state index in [1.807, 2.05) is 11.8 Å². The van der Waals surface area contributed by atoms with E-state index in [0.29, 0.717) is 17.3 Å². The maximum atomic E-state index is 4.45. The van der Waals surface area contributed by atoms with Crippen LogP contribution in [-0.2, 0) is 0 Å². The van der Waals surface area contributed by atoms with Crippen LogP contribution in [0.4, 0.5) is 0 Å². The third kappa shape index (κ3) is 4.34. The van der Waals surface area contributed by atoms with Gasteiger partial charge in [-0.05, 0) is 27.7 Å². The highest BCUT2D eigenvalue weighted by molar-refractivity contribution is 8.14. The van der Waals surface area contributed by atoms with Gasteiger partial charge in [-0.1, -0.05) is 18.7 Å². The number of nitrogens with one attached hydrogen (secondary N) is 1. The zero-order valence-corrected chi connectivity index (χ0v) is 12.0. The summed E-state index contributed by atoms with van der Waals surface area (Å²) < 4.78 is 0. The Kier molecular flexibility index (Phi) is 5.62. The van der Waals surface area contributed by atoms with Gasteiger partial charge in [-0.15, -0.1) is 0 Å². The van der Waals surface area contributed by atoms with Crippen molar-refractivity contribution in [3.63, 3.8) is 0 Å². The number of aliphatic imine (C=N–C) groups is 1. The lowest BCUT2D eigenvalue weighted by atomic mass is 10.2. The van der Waals surface area contributed by atoms with Gasteiger partial charge >= 0.3 is 0 Å². The van der Waals surface area contributed by atoms with Crippen molar-refractivity contribution in [3.05, 3.63) is 0 Å². The number of hydrogen-bond donors (Lipinski definition) is 1. The van der Waals surface area contributed by atoms with E-state index in [-0.39, 0.29) is 0 Å². The molecule has 0 aliphatic carbocycles. The van der Waals surface area contributed by atoms with Gasteiger partial charge in [0, 0.05) is 30.4 Å². The molecule has 1 rings (SSSR count). The smallest absolute Gasteiger partial charge is 0.156 e. The first-order chi connectivity index (χ1) is 7.50. The minimum atomic E-state index is 0.610. The highest BCUT2D eigenvalue weighted by atomic mass is 32.2.